The van der Waals surface area contributed by atoms with E-state index in [4.69, 9.17) is 0 Å². The molecule has 82 valence electrons. The van der Waals surface area contributed by atoms with Gasteiger partial charge in [-0.05, 0) is 30.4 Å². The Morgan fingerprint density at radius 3 is 2.88 bits per heavy atom. The number of thiophene rings is 1. The van der Waals surface area contributed by atoms with E-state index in [0.717, 1.165) is 17.8 Å². The minimum atomic E-state index is -0.0888. The van der Waals surface area contributed by atoms with E-state index in [0.29, 0.717) is 6.04 Å². The van der Waals surface area contributed by atoms with E-state index in [9.17, 15) is 4.79 Å². The molecule has 0 spiro atoms. The summed E-state index contributed by atoms with van der Waals surface area (Å²) in [5.41, 5.74) is 0. The van der Waals surface area contributed by atoms with Crippen LogP contribution in [0.1, 0.15) is 12.8 Å². The number of nitrogens with one attached hydrogen (secondary N) is 2. The van der Waals surface area contributed by atoms with Crippen LogP contribution in [0.15, 0.2) is 30.3 Å². The maximum atomic E-state index is 11.5. The highest BCUT2D eigenvalue weighted by Crippen LogP contribution is 2.29. The molecule has 1 fully saturated rings. The molecule has 4 heteroatoms. The minimum Gasteiger partial charge on any atom is -0.335 e. The van der Waals surface area contributed by atoms with Crippen LogP contribution in [-0.2, 0) is 0 Å². The molecule has 1 aromatic carbocycles. The molecule has 0 bridgehead atoms. The lowest BCUT2D eigenvalue weighted by atomic mass is 10.3. The number of benzene rings is 1. The van der Waals surface area contributed by atoms with Gasteiger partial charge in [-0.25, -0.2) is 4.79 Å². The summed E-state index contributed by atoms with van der Waals surface area (Å²) in [6.45, 7) is 0. The second kappa shape index (κ2) is 3.79. The third-order valence-corrected chi connectivity index (χ3v) is 3.61. The molecule has 0 aliphatic heterocycles. The standard InChI is InChI=1S/C12H12N2OS/c15-12(13-9-5-6-9)14-11-7-8-3-1-2-4-10(8)16-11/h1-4,7,9H,5-6H2,(H2,13,14,15). The van der Waals surface area contributed by atoms with Crippen molar-refractivity contribution in [1.82, 2.24) is 5.32 Å². The fourth-order valence-corrected chi connectivity index (χ4v) is 2.56. The first-order valence-electron chi connectivity index (χ1n) is 5.37. The quantitative estimate of drug-likeness (QED) is 0.820. The van der Waals surface area contributed by atoms with Crippen LogP contribution in [0, 0.1) is 0 Å². The highest BCUT2D eigenvalue weighted by atomic mass is 32.1. The van der Waals surface area contributed by atoms with E-state index in [2.05, 4.69) is 22.8 Å². The maximum absolute atomic E-state index is 11.5. The fourth-order valence-electron chi connectivity index (χ4n) is 1.60. The van der Waals surface area contributed by atoms with E-state index in [1.165, 1.54) is 10.1 Å². The number of carbonyl (C=O) groups excluding carboxylic acids is 1. The first-order chi connectivity index (χ1) is 7.81. The van der Waals surface area contributed by atoms with E-state index in [-0.39, 0.29) is 6.03 Å². The molecule has 2 amide bonds. The molecule has 3 rings (SSSR count). The van der Waals surface area contributed by atoms with Crippen molar-refractivity contribution in [1.29, 1.82) is 0 Å². The molecule has 1 heterocycles. The lowest BCUT2D eigenvalue weighted by molar-refractivity contribution is 0.252. The predicted octanol–water partition coefficient (Wildman–Crippen LogP) is 3.19. The molecule has 1 aliphatic rings. The molecule has 0 unspecified atom stereocenters. The lowest BCUT2D eigenvalue weighted by Crippen LogP contribution is -2.29. The summed E-state index contributed by atoms with van der Waals surface area (Å²) >= 11 is 1.60. The van der Waals surface area contributed by atoms with Gasteiger partial charge in [0.05, 0.1) is 5.00 Å². The number of amides is 2. The van der Waals surface area contributed by atoms with Crippen LogP contribution in [0.4, 0.5) is 9.80 Å². The molecular formula is C12H12N2OS. The topological polar surface area (TPSA) is 41.1 Å². The summed E-state index contributed by atoms with van der Waals surface area (Å²) in [7, 11) is 0. The highest BCUT2D eigenvalue weighted by Gasteiger charge is 2.23. The molecular weight excluding hydrogens is 220 g/mol. The van der Waals surface area contributed by atoms with Crippen LogP contribution in [-0.4, -0.2) is 12.1 Å². The maximum Gasteiger partial charge on any atom is 0.320 e. The normalized spacial score (nSPS) is 15.0. The van der Waals surface area contributed by atoms with Gasteiger partial charge in [0.15, 0.2) is 0 Å². The third-order valence-electron chi connectivity index (χ3n) is 2.57. The molecule has 1 aliphatic carbocycles. The summed E-state index contributed by atoms with van der Waals surface area (Å²) < 4.78 is 1.20. The zero-order valence-corrected chi connectivity index (χ0v) is 9.51. The van der Waals surface area contributed by atoms with Crippen LogP contribution in [0.3, 0.4) is 0 Å². The van der Waals surface area contributed by atoms with E-state index >= 15 is 0 Å². The van der Waals surface area contributed by atoms with Gasteiger partial charge in [-0.15, -0.1) is 11.3 Å². The summed E-state index contributed by atoms with van der Waals surface area (Å²) in [5.74, 6) is 0. The van der Waals surface area contributed by atoms with Gasteiger partial charge in [0, 0.05) is 10.7 Å². The molecule has 0 radical (unpaired) electrons. The molecule has 16 heavy (non-hydrogen) atoms. The second-order valence-corrected chi connectivity index (χ2v) is 5.10. The van der Waals surface area contributed by atoms with Crippen LogP contribution in [0.25, 0.3) is 10.1 Å². The van der Waals surface area contributed by atoms with E-state index in [1.807, 2.05) is 18.2 Å². The molecule has 2 N–H and O–H groups in total. The van der Waals surface area contributed by atoms with Gasteiger partial charge in [0.25, 0.3) is 0 Å². The average molecular weight is 232 g/mol. The molecule has 3 nitrogen and oxygen atoms in total. The van der Waals surface area contributed by atoms with Crippen molar-refractivity contribution in [3.05, 3.63) is 30.3 Å². The van der Waals surface area contributed by atoms with E-state index < -0.39 is 0 Å². The van der Waals surface area contributed by atoms with Crippen molar-refractivity contribution >= 4 is 32.5 Å². The Balaban J connectivity index is 1.75. The fraction of sp³-hybridized carbons (Fsp3) is 0.250. The van der Waals surface area contributed by atoms with Crippen LogP contribution in [0.2, 0.25) is 0 Å². The molecule has 0 saturated heterocycles. The average Bonchev–Trinajstić information content (AvgIpc) is 2.97. The van der Waals surface area contributed by atoms with E-state index in [1.54, 1.807) is 11.3 Å². The Hall–Kier alpha value is -1.55. The molecule has 2 aromatic rings. The SMILES string of the molecule is O=C(Nc1cc2ccccc2s1)NC1CC1. The third kappa shape index (κ3) is 2.02. The summed E-state index contributed by atoms with van der Waals surface area (Å²) in [6.07, 6.45) is 2.22. The first-order valence-corrected chi connectivity index (χ1v) is 6.19. The Bertz CT molecular complexity index is 498. The van der Waals surface area contributed by atoms with Crippen molar-refractivity contribution in [3.8, 4) is 0 Å². The Morgan fingerprint density at radius 1 is 1.31 bits per heavy atom. The van der Waals surface area contributed by atoms with Crippen molar-refractivity contribution in [2.75, 3.05) is 5.32 Å². The Labute approximate surface area is 97.5 Å². The van der Waals surface area contributed by atoms with Gasteiger partial charge in [-0.2, -0.15) is 0 Å². The molecule has 1 saturated carbocycles. The lowest BCUT2D eigenvalue weighted by Gasteiger charge is -2.02. The van der Waals surface area contributed by atoms with Crippen molar-refractivity contribution < 1.29 is 4.79 Å². The van der Waals surface area contributed by atoms with Crippen LogP contribution >= 0.6 is 11.3 Å². The number of anilines is 1. The van der Waals surface area contributed by atoms with Gasteiger partial charge in [0.1, 0.15) is 0 Å². The van der Waals surface area contributed by atoms with Gasteiger partial charge in [-0.1, -0.05) is 18.2 Å². The summed E-state index contributed by atoms with van der Waals surface area (Å²) in [6, 6.07) is 10.4. The number of hydrogen-bond acceptors (Lipinski definition) is 2. The van der Waals surface area contributed by atoms with Crippen molar-refractivity contribution in [2.24, 2.45) is 0 Å². The second-order valence-electron chi connectivity index (χ2n) is 4.02. The van der Waals surface area contributed by atoms with Gasteiger partial charge >= 0.3 is 6.03 Å². The molecule has 1 aromatic heterocycles. The number of fused-ring (bicyclic) bond motifs is 1. The highest BCUT2D eigenvalue weighted by molar-refractivity contribution is 7.22. The predicted molar refractivity (Wildman–Crippen MR) is 67.0 cm³/mol. The minimum absolute atomic E-state index is 0.0888. The zero-order chi connectivity index (χ0) is 11.0. The van der Waals surface area contributed by atoms with Crippen molar-refractivity contribution in [3.63, 3.8) is 0 Å². The Morgan fingerprint density at radius 2 is 2.12 bits per heavy atom. The number of urea groups is 1. The van der Waals surface area contributed by atoms with Crippen LogP contribution < -0.4 is 10.6 Å². The smallest absolute Gasteiger partial charge is 0.320 e. The largest absolute Gasteiger partial charge is 0.335 e. The Kier molecular flexibility index (Phi) is 2.29. The number of hydrogen-bond donors (Lipinski definition) is 2. The summed E-state index contributed by atoms with van der Waals surface area (Å²) in [5, 5.41) is 7.85. The number of carbonyl (C=O) groups is 1. The first kappa shape index (κ1) is 9.66. The monoisotopic (exact) mass is 232 g/mol. The van der Waals surface area contributed by atoms with Gasteiger partial charge < -0.3 is 5.32 Å². The van der Waals surface area contributed by atoms with Gasteiger partial charge in [-0.3, -0.25) is 5.32 Å². The van der Waals surface area contributed by atoms with Gasteiger partial charge in [0.2, 0.25) is 0 Å². The van der Waals surface area contributed by atoms with Crippen LogP contribution in [0.5, 0.6) is 0 Å². The molecule has 0 atom stereocenters. The van der Waals surface area contributed by atoms with Crippen molar-refractivity contribution in [2.45, 2.75) is 18.9 Å². The zero-order valence-electron chi connectivity index (χ0n) is 8.69. The number of rotatable bonds is 2. The summed E-state index contributed by atoms with van der Waals surface area (Å²) in [4.78, 5) is 11.5.